The van der Waals surface area contributed by atoms with E-state index in [4.69, 9.17) is 4.74 Å². The number of nitriles is 1. The van der Waals surface area contributed by atoms with Crippen molar-refractivity contribution in [2.45, 2.75) is 25.6 Å². The number of carbonyl (C=O) groups is 1. The van der Waals surface area contributed by atoms with Crippen molar-refractivity contribution in [3.05, 3.63) is 86.5 Å². The first-order chi connectivity index (χ1) is 17.1. The molecule has 1 aliphatic rings. The summed E-state index contributed by atoms with van der Waals surface area (Å²) in [6.07, 6.45) is -4.12. The van der Waals surface area contributed by atoms with Gasteiger partial charge in [0.1, 0.15) is 6.04 Å². The number of alkyl halides is 4. The van der Waals surface area contributed by atoms with E-state index in [0.717, 1.165) is 12.1 Å². The van der Waals surface area contributed by atoms with Crippen molar-refractivity contribution in [2.75, 3.05) is 17.3 Å². The summed E-state index contributed by atoms with van der Waals surface area (Å²) in [5.41, 5.74) is 0.441. The van der Waals surface area contributed by atoms with Gasteiger partial charge in [0.25, 0.3) is 0 Å². The number of H-pyrrole nitrogens is 1. The molecule has 2 aromatic carbocycles. The number of halogens is 4. The molecule has 4 rings (SSSR count). The minimum Gasteiger partial charge on any atom is -0.466 e. The summed E-state index contributed by atoms with van der Waals surface area (Å²) >= 11 is 3.39. The Morgan fingerprint density at radius 2 is 2.03 bits per heavy atom. The fourth-order valence-corrected chi connectivity index (χ4v) is 4.77. The smallest absolute Gasteiger partial charge is 0.416 e. The molecule has 0 amide bonds. The zero-order chi connectivity index (χ0) is 26.2. The van der Waals surface area contributed by atoms with Gasteiger partial charge in [0.05, 0.1) is 29.9 Å². The fourth-order valence-electron chi connectivity index (χ4n) is 4.34. The average molecular weight is 562 g/mol. The number of aryl methyl sites for hydroxylation is 1. The van der Waals surface area contributed by atoms with Crippen molar-refractivity contribution >= 4 is 33.5 Å². The molecular formula is C24H19BrF3N5O3. The number of aromatic nitrogens is 3. The molecule has 1 unspecified atom stereocenters. The van der Waals surface area contributed by atoms with E-state index in [1.807, 2.05) is 0 Å². The SMILES string of the molecule is COC(=O)C1=C(C)N(c2cccc(C(F)(F)F)c2)c2n[nH]c(=O)n2C1c1ccc(C#N)cc1CCBr. The van der Waals surface area contributed by atoms with Crippen LogP contribution in [0.15, 0.2) is 58.5 Å². The lowest BCUT2D eigenvalue weighted by Gasteiger charge is -2.36. The van der Waals surface area contributed by atoms with Crippen LogP contribution >= 0.6 is 15.9 Å². The van der Waals surface area contributed by atoms with Crippen LogP contribution in [0.1, 0.15) is 35.2 Å². The van der Waals surface area contributed by atoms with Gasteiger partial charge in [0.15, 0.2) is 0 Å². The van der Waals surface area contributed by atoms with Crippen molar-refractivity contribution in [1.29, 1.82) is 5.26 Å². The number of methoxy groups -OCH3 is 1. The number of anilines is 2. The van der Waals surface area contributed by atoms with Crippen molar-refractivity contribution in [3.8, 4) is 6.07 Å². The lowest BCUT2D eigenvalue weighted by Crippen LogP contribution is -2.38. The summed E-state index contributed by atoms with van der Waals surface area (Å²) in [4.78, 5) is 27.4. The summed E-state index contributed by atoms with van der Waals surface area (Å²) in [6.45, 7) is 1.55. The number of fused-ring (bicyclic) bond motifs is 1. The molecule has 36 heavy (non-hydrogen) atoms. The number of ether oxygens (including phenoxy) is 1. The first-order valence-electron chi connectivity index (χ1n) is 10.6. The Hall–Kier alpha value is -3.85. The largest absolute Gasteiger partial charge is 0.466 e. The fraction of sp³-hybridized carbons (Fsp3) is 0.250. The van der Waals surface area contributed by atoms with Crippen LogP contribution in [0.3, 0.4) is 0 Å². The topological polar surface area (TPSA) is 104 Å². The maximum absolute atomic E-state index is 13.4. The first kappa shape index (κ1) is 25.2. The molecule has 1 atom stereocenters. The summed E-state index contributed by atoms with van der Waals surface area (Å²) in [7, 11) is 1.18. The Balaban J connectivity index is 2.03. The van der Waals surface area contributed by atoms with Crippen molar-refractivity contribution < 1.29 is 22.7 Å². The zero-order valence-corrected chi connectivity index (χ0v) is 20.6. The van der Waals surface area contributed by atoms with Crippen molar-refractivity contribution in [3.63, 3.8) is 0 Å². The lowest BCUT2D eigenvalue weighted by molar-refractivity contribution is -0.138. The third-order valence-corrected chi connectivity index (χ3v) is 6.31. The third kappa shape index (κ3) is 4.30. The van der Waals surface area contributed by atoms with Crippen LogP contribution in [0.4, 0.5) is 24.8 Å². The standard InChI is InChI=1S/C24H19BrF3N5O3/c1-13-19(21(34)36-2)20(18-7-6-14(12-29)10-15(18)8-9-25)33-22(30-31-23(33)35)32(13)17-5-3-4-16(11-17)24(26,27)28/h3-7,10-11,20H,8-9H2,1-2H3,(H,31,35). The molecule has 0 fully saturated rings. The summed E-state index contributed by atoms with van der Waals surface area (Å²) in [5, 5.41) is 16.3. The van der Waals surface area contributed by atoms with E-state index in [-0.39, 0.29) is 22.9 Å². The van der Waals surface area contributed by atoms with Gasteiger partial charge in [0.2, 0.25) is 5.95 Å². The zero-order valence-electron chi connectivity index (χ0n) is 19.1. The highest BCUT2D eigenvalue weighted by Crippen LogP contribution is 2.43. The number of hydrogen-bond donors (Lipinski definition) is 1. The number of aromatic amines is 1. The number of nitrogens with one attached hydrogen (secondary N) is 1. The van der Waals surface area contributed by atoms with Gasteiger partial charge in [-0.05, 0) is 54.8 Å². The Kier molecular flexibility index (Phi) is 6.77. The molecule has 0 saturated heterocycles. The van der Waals surface area contributed by atoms with Crippen LogP contribution in [0.25, 0.3) is 0 Å². The summed E-state index contributed by atoms with van der Waals surface area (Å²) < 4.78 is 46.6. The van der Waals surface area contributed by atoms with Crippen molar-refractivity contribution in [2.24, 2.45) is 0 Å². The van der Waals surface area contributed by atoms with E-state index < -0.39 is 29.4 Å². The van der Waals surface area contributed by atoms with Crippen LogP contribution in [0.2, 0.25) is 0 Å². The molecule has 0 radical (unpaired) electrons. The van der Waals surface area contributed by atoms with Gasteiger partial charge in [0, 0.05) is 16.7 Å². The van der Waals surface area contributed by atoms with E-state index in [2.05, 4.69) is 32.2 Å². The van der Waals surface area contributed by atoms with E-state index in [9.17, 15) is 28.0 Å². The Morgan fingerprint density at radius 3 is 2.67 bits per heavy atom. The van der Waals surface area contributed by atoms with E-state index >= 15 is 0 Å². The number of esters is 1. The Labute approximate surface area is 211 Å². The van der Waals surface area contributed by atoms with Gasteiger partial charge in [-0.15, -0.1) is 5.10 Å². The Morgan fingerprint density at radius 1 is 1.28 bits per heavy atom. The highest BCUT2D eigenvalue weighted by Gasteiger charge is 2.40. The number of carbonyl (C=O) groups excluding carboxylic acids is 1. The highest BCUT2D eigenvalue weighted by atomic mass is 79.9. The molecule has 186 valence electrons. The van der Waals surface area contributed by atoms with Gasteiger partial charge in [-0.25, -0.2) is 19.3 Å². The van der Waals surface area contributed by atoms with Crippen LogP contribution in [-0.4, -0.2) is 33.2 Å². The molecule has 0 bridgehead atoms. The van der Waals surface area contributed by atoms with Crippen LogP contribution in [0, 0.1) is 11.3 Å². The normalized spacial score (nSPS) is 15.5. The van der Waals surface area contributed by atoms with Gasteiger partial charge in [-0.1, -0.05) is 28.1 Å². The van der Waals surface area contributed by atoms with Crippen LogP contribution in [-0.2, 0) is 22.1 Å². The number of nitrogens with zero attached hydrogens (tertiary/aromatic N) is 4. The summed E-state index contributed by atoms with van der Waals surface area (Å²) in [5.74, 6) is -0.758. The van der Waals surface area contributed by atoms with E-state index in [1.54, 1.807) is 25.1 Å². The molecule has 1 aliphatic heterocycles. The minimum absolute atomic E-state index is 0.00336. The second-order valence-electron chi connectivity index (χ2n) is 7.94. The van der Waals surface area contributed by atoms with Gasteiger partial charge in [-0.3, -0.25) is 4.90 Å². The van der Waals surface area contributed by atoms with Crippen LogP contribution < -0.4 is 10.6 Å². The second-order valence-corrected chi connectivity index (χ2v) is 8.73. The predicted octanol–water partition coefficient (Wildman–Crippen LogP) is 4.59. The molecule has 2 heterocycles. The lowest BCUT2D eigenvalue weighted by atomic mass is 9.89. The maximum atomic E-state index is 13.4. The molecule has 0 spiro atoms. The third-order valence-electron chi connectivity index (χ3n) is 5.91. The van der Waals surface area contributed by atoms with Crippen LogP contribution in [0.5, 0.6) is 0 Å². The number of benzene rings is 2. The molecule has 1 N–H and O–H groups in total. The molecule has 0 saturated carbocycles. The molecule has 12 heteroatoms. The second kappa shape index (κ2) is 9.66. The number of rotatable bonds is 5. The van der Waals surface area contributed by atoms with Gasteiger partial charge >= 0.3 is 17.8 Å². The first-order valence-corrected chi connectivity index (χ1v) is 11.8. The molecule has 3 aromatic rings. The quantitative estimate of drug-likeness (QED) is 0.361. The van der Waals surface area contributed by atoms with E-state index in [1.165, 1.54) is 28.7 Å². The average Bonchev–Trinajstić information content (AvgIpc) is 3.23. The summed E-state index contributed by atoms with van der Waals surface area (Å²) in [6, 6.07) is 10.5. The van der Waals surface area contributed by atoms with Crippen molar-refractivity contribution in [1.82, 2.24) is 14.8 Å². The van der Waals surface area contributed by atoms with Gasteiger partial charge < -0.3 is 4.74 Å². The maximum Gasteiger partial charge on any atom is 0.416 e. The number of hydrogen-bond acceptors (Lipinski definition) is 6. The minimum atomic E-state index is -4.60. The predicted molar refractivity (Wildman–Crippen MR) is 128 cm³/mol. The molecule has 8 nitrogen and oxygen atoms in total. The Bertz CT molecular complexity index is 1470. The molecule has 0 aliphatic carbocycles. The van der Waals surface area contributed by atoms with Gasteiger partial charge in [-0.2, -0.15) is 18.4 Å². The number of allylic oxidation sites excluding steroid dienone is 1. The molecular weight excluding hydrogens is 543 g/mol. The monoisotopic (exact) mass is 561 g/mol. The van der Waals surface area contributed by atoms with E-state index in [0.29, 0.717) is 28.4 Å². The molecule has 1 aromatic heterocycles. The highest BCUT2D eigenvalue weighted by molar-refractivity contribution is 9.09.